The van der Waals surface area contributed by atoms with Crippen molar-refractivity contribution < 1.29 is 4.74 Å². The minimum Gasteiger partial charge on any atom is -0.370 e. The van der Waals surface area contributed by atoms with Crippen molar-refractivity contribution in [2.45, 2.75) is 69.5 Å². The quantitative estimate of drug-likeness (QED) is 0.448. The fourth-order valence-corrected chi connectivity index (χ4v) is 3.75. The summed E-state index contributed by atoms with van der Waals surface area (Å²) in [5, 5.41) is 3.56. The molecule has 1 aliphatic carbocycles. The molecular weight excluding hydrogens is 325 g/mol. The van der Waals surface area contributed by atoms with Crippen molar-refractivity contribution in [1.29, 1.82) is 0 Å². The Balaban J connectivity index is 1.60. The molecule has 3 heteroatoms. The Morgan fingerprint density at radius 3 is 2.71 bits per heavy atom. The van der Waals surface area contributed by atoms with E-state index in [9.17, 15) is 0 Å². The first-order valence-corrected chi connectivity index (χ1v) is 8.82. The second-order valence-electron chi connectivity index (χ2n) is 5.62. The van der Waals surface area contributed by atoms with E-state index in [1.54, 1.807) is 0 Å². The molecule has 0 amide bonds. The highest BCUT2D eigenvalue weighted by Crippen LogP contribution is 2.41. The molecule has 17 heavy (non-hydrogen) atoms. The third-order valence-corrected chi connectivity index (χ3v) is 4.98. The Bertz CT molecular complexity index is 216. The summed E-state index contributed by atoms with van der Waals surface area (Å²) in [6.07, 6.45) is 12.6. The number of alkyl halides is 1. The van der Waals surface area contributed by atoms with E-state index in [0.717, 1.165) is 13.1 Å². The largest absolute Gasteiger partial charge is 0.370 e. The Morgan fingerprint density at radius 1 is 1.12 bits per heavy atom. The number of rotatable bonds is 6. The summed E-state index contributed by atoms with van der Waals surface area (Å²) >= 11 is 2.45. The van der Waals surface area contributed by atoms with Crippen molar-refractivity contribution >= 4 is 22.6 Å². The summed E-state index contributed by atoms with van der Waals surface area (Å²) in [5.41, 5.74) is 0.298. The molecule has 1 aliphatic heterocycles. The summed E-state index contributed by atoms with van der Waals surface area (Å²) in [4.78, 5) is 0. The predicted molar refractivity (Wildman–Crippen MR) is 80.9 cm³/mol. The zero-order valence-corrected chi connectivity index (χ0v) is 13.0. The Hall–Kier alpha value is 0.650. The molecule has 1 N–H and O–H groups in total. The first-order valence-electron chi connectivity index (χ1n) is 7.29. The highest BCUT2D eigenvalue weighted by molar-refractivity contribution is 14.1. The van der Waals surface area contributed by atoms with Crippen LogP contribution in [0.2, 0.25) is 0 Å². The number of hydrogen-bond donors (Lipinski definition) is 1. The second-order valence-corrected chi connectivity index (χ2v) is 6.70. The minimum absolute atomic E-state index is 0.298. The molecule has 100 valence electrons. The molecule has 2 rings (SSSR count). The molecule has 0 aromatic rings. The second kappa shape index (κ2) is 7.29. The van der Waals surface area contributed by atoms with Crippen molar-refractivity contribution in [2.75, 3.05) is 17.5 Å². The van der Waals surface area contributed by atoms with Crippen LogP contribution in [0.4, 0.5) is 0 Å². The fraction of sp³-hybridized carbons (Fsp3) is 1.00. The van der Waals surface area contributed by atoms with Crippen LogP contribution >= 0.6 is 22.6 Å². The van der Waals surface area contributed by atoms with E-state index < -0.39 is 0 Å². The maximum absolute atomic E-state index is 6.33. The summed E-state index contributed by atoms with van der Waals surface area (Å²) in [7, 11) is 0. The predicted octanol–water partition coefficient (Wildman–Crippen LogP) is 3.67. The van der Waals surface area contributed by atoms with E-state index >= 15 is 0 Å². The standard InChI is InChI=1S/C14H26INO/c15-10-4-5-11-16-12-13-6-9-14(17-13)7-2-1-3-8-14/h13,16H,1-12H2. The summed E-state index contributed by atoms with van der Waals surface area (Å²) in [6.45, 7) is 2.23. The summed E-state index contributed by atoms with van der Waals surface area (Å²) in [6, 6.07) is 0. The number of halogens is 1. The molecule has 2 fully saturated rings. The van der Waals surface area contributed by atoms with Gasteiger partial charge in [-0.2, -0.15) is 0 Å². The van der Waals surface area contributed by atoms with Gasteiger partial charge in [0.05, 0.1) is 11.7 Å². The zero-order chi connectivity index (χ0) is 12.0. The lowest BCUT2D eigenvalue weighted by Gasteiger charge is -2.33. The Kier molecular flexibility index (Phi) is 6.03. The molecule has 1 unspecified atom stereocenters. The first kappa shape index (κ1) is 14.1. The molecule has 0 radical (unpaired) electrons. The number of unbranched alkanes of at least 4 members (excludes halogenated alkanes) is 1. The van der Waals surface area contributed by atoms with E-state index in [1.165, 1.54) is 62.2 Å². The topological polar surface area (TPSA) is 21.3 Å². The van der Waals surface area contributed by atoms with Crippen LogP contribution in [0.15, 0.2) is 0 Å². The lowest BCUT2D eigenvalue weighted by atomic mass is 9.83. The van der Waals surface area contributed by atoms with Crippen molar-refractivity contribution in [3.05, 3.63) is 0 Å². The number of hydrogen-bond acceptors (Lipinski definition) is 2. The molecule has 2 aliphatic rings. The van der Waals surface area contributed by atoms with Gasteiger partial charge in [0.2, 0.25) is 0 Å². The highest BCUT2D eigenvalue weighted by Gasteiger charge is 2.40. The monoisotopic (exact) mass is 351 g/mol. The SMILES string of the molecule is ICCCCNCC1CCC2(CCCCC2)O1. The normalized spacial score (nSPS) is 27.7. The smallest absolute Gasteiger partial charge is 0.0708 e. The molecule has 1 heterocycles. The Labute approximate surface area is 119 Å². The van der Waals surface area contributed by atoms with Gasteiger partial charge in [-0.15, -0.1) is 0 Å². The molecule has 0 aromatic heterocycles. The molecule has 0 bridgehead atoms. The molecule has 1 saturated heterocycles. The van der Waals surface area contributed by atoms with Crippen LogP contribution in [-0.4, -0.2) is 29.2 Å². The molecular formula is C14H26INO. The molecule has 2 nitrogen and oxygen atoms in total. The van der Waals surface area contributed by atoms with E-state index in [1.807, 2.05) is 0 Å². The summed E-state index contributed by atoms with van der Waals surface area (Å²) in [5.74, 6) is 0. The van der Waals surface area contributed by atoms with Crippen LogP contribution in [0.5, 0.6) is 0 Å². The van der Waals surface area contributed by atoms with Gasteiger partial charge >= 0.3 is 0 Å². The fourth-order valence-electron chi connectivity index (χ4n) is 3.21. The van der Waals surface area contributed by atoms with Gasteiger partial charge in [-0.25, -0.2) is 0 Å². The van der Waals surface area contributed by atoms with Crippen molar-refractivity contribution in [3.63, 3.8) is 0 Å². The van der Waals surface area contributed by atoms with Gasteiger partial charge in [-0.05, 0) is 49.5 Å². The molecule has 1 saturated carbocycles. The van der Waals surface area contributed by atoms with E-state index in [2.05, 4.69) is 27.9 Å². The van der Waals surface area contributed by atoms with Crippen LogP contribution in [0, 0.1) is 0 Å². The van der Waals surface area contributed by atoms with E-state index in [-0.39, 0.29) is 0 Å². The van der Waals surface area contributed by atoms with Crippen LogP contribution < -0.4 is 5.32 Å². The maximum atomic E-state index is 6.33. The lowest BCUT2D eigenvalue weighted by Crippen LogP contribution is -2.34. The molecule has 1 spiro atoms. The maximum Gasteiger partial charge on any atom is 0.0708 e. The van der Waals surface area contributed by atoms with Crippen LogP contribution in [0.25, 0.3) is 0 Å². The highest BCUT2D eigenvalue weighted by atomic mass is 127. The van der Waals surface area contributed by atoms with Gasteiger partial charge in [0.15, 0.2) is 0 Å². The molecule has 1 atom stereocenters. The van der Waals surface area contributed by atoms with Gasteiger partial charge in [-0.3, -0.25) is 0 Å². The van der Waals surface area contributed by atoms with Crippen LogP contribution in [-0.2, 0) is 4.74 Å². The van der Waals surface area contributed by atoms with Gasteiger partial charge in [0.1, 0.15) is 0 Å². The number of nitrogens with one attached hydrogen (secondary N) is 1. The third kappa shape index (κ3) is 4.35. The molecule has 0 aromatic carbocycles. The van der Waals surface area contributed by atoms with Crippen molar-refractivity contribution in [2.24, 2.45) is 0 Å². The lowest BCUT2D eigenvalue weighted by molar-refractivity contribution is -0.0622. The number of ether oxygens (including phenoxy) is 1. The van der Waals surface area contributed by atoms with Gasteiger partial charge in [0.25, 0.3) is 0 Å². The first-order chi connectivity index (χ1) is 8.35. The minimum atomic E-state index is 0.298. The van der Waals surface area contributed by atoms with E-state index in [4.69, 9.17) is 4.74 Å². The van der Waals surface area contributed by atoms with Gasteiger partial charge < -0.3 is 10.1 Å². The van der Waals surface area contributed by atoms with Crippen LogP contribution in [0.3, 0.4) is 0 Å². The third-order valence-electron chi connectivity index (χ3n) is 4.21. The zero-order valence-electron chi connectivity index (χ0n) is 10.8. The summed E-state index contributed by atoms with van der Waals surface area (Å²) < 4.78 is 7.61. The van der Waals surface area contributed by atoms with E-state index in [0.29, 0.717) is 11.7 Å². The average molecular weight is 351 g/mol. The van der Waals surface area contributed by atoms with Crippen molar-refractivity contribution in [3.8, 4) is 0 Å². The van der Waals surface area contributed by atoms with Gasteiger partial charge in [-0.1, -0.05) is 41.9 Å². The Morgan fingerprint density at radius 2 is 1.94 bits per heavy atom. The van der Waals surface area contributed by atoms with Crippen LogP contribution in [0.1, 0.15) is 57.8 Å². The van der Waals surface area contributed by atoms with Gasteiger partial charge in [0, 0.05) is 6.54 Å². The van der Waals surface area contributed by atoms with Crippen molar-refractivity contribution in [1.82, 2.24) is 5.32 Å². The average Bonchev–Trinajstić information content (AvgIpc) is 2.73.